The Morgan fingerprint density at radius 2 is 2.07 bits per heavy atom. The third-order valence-corrected chi connectivity index (χ3v) is 5.43. The lowest BCUT2D eigenvalue weighted by molar-refractivity contribution is 0.205. The zero-order valence-electron chi connectivity index (χ0n) is 16.6. The fraction of sp³-hybridized carbons (Fsp3) is 0.208. The molecule has 30 heavy (non-hydrogen) atoms. The average molecular weight is 404 g/mol. The summed E-state index contributed by atoms with van der Waals surface area (Å²) in [7, 11) is 0. The van der Waals surface area contributed by atoms with E-state index >= 15 is 0 Å². The highest BCUT2D eigenvalue weighted by atomic mass is 19.1. The fourth-order valence-corrected chi connectivity index (χ4v) is 3.98. The number of phenols is 1. The van der Waals surface area contributed by atoms with Crippen molar-refractivity contribution >= 4 is 10.9 Å². The molecule has 0 unspecified atom stereocenters. The summed E-state index contributed by atoms with van der Waals surface area (Å²) in [5.41, 5.74) is 3.93. The van der Waals surface area contributed by atoms with E-state index < -0.39 is 0 Å². The van der Waals surface area contributed by atoms with Gasteiger partial charge in [-0.25, -0.2) is 9.37 Å². The van der Waals surface area contributed by atoms with Gasteiger partial charge in [-0.05, 0) is 55.0 Å². The SMILES string of the molecule is Cc1cc(-c2cc(O)c3c(c2)CN(Cc2ccco2)CCO3)nc2cc(F)ccc12. The highest BCUT2D eigenvalue weighted by Crippen LogP contribution is 2.38. The average Bonchev–Trinajstić information content (AvgIpc) is 3.13. The van der Waals surface area contributed by atoms with Crippen LogP contribution in [0, 0.1) is 12.7 Å². The van der Waals surface area contributed by atoms with Gasteiger partial charge in [0.2, 0.25) is 0 Å². The van der Waals surface area contributed by atoms with E-state index in [0.717, 1.165) is 34.4 Å². The standard InChI is InChI=1S/C24H21FN2O3/c1-15-9-21(26-22-12-18(25)4-5-20(15)22)16-10-17-13-27(14-19-3-2-7-29-19)6-8-30-24(17)23(28)11-16/h2-5,7,9-12,28H,6,8,13-14H2,1H3. The molecule has 5 nitrogen and oxygen atoms in total. The number of hydrogen-bond donors (Lipinski definition) is 1. The zero-order valence-corrected chi connectivity index (χ0v) is 16.6. The van der Waals surface area contributed by atoms with Crippen LogP contribution in [0.4, 0.5) is 4.39 Å². The van der Waals surface area contributed by atoms with E-state index in [1.807, 2.05) is 31.2 Å². The fourth-order valence-electron chi connectivity index (χ4n) is 3.98. The molecule has 0 saturated heterocycles. The number of aromatic hydroxyl groups is 1. The Kier molecular flexibility index (Phi) is 4.64. The van der Waals surface area contributed by atoms with Crippen molar-refractivity contribution in [3.05, 3.63) is 77.5 Å². The number of phenolic OH excluding ortho intramolecular Hbond substituents is 1. The molecule has 2 aromatic heterocycles. The quantitative estimate of drug-likeness (QED) is 0.518. The van der Waals surface area contributed by atoms with Gasteiger partial charge in [-0.15, -0.1) is 0 Å². The molecule has 0 fully saturated rings. The second-order valence-corrected chi connectivity index (χ2v) is 7.61. The van der Waals surface area contributed by atoms with Gasteiger partial charge in [-0.1, -0.05) is 0 Å². The van der Waals surface area contributed by atoms with E-state index in [-0.39, 0.29) is 11.6 Å². The van der Waals surface area contributed by atoms with Gasteiger partial charge in [0.1, 0.15) is 18.2 Å². The molecule has 1 N–H and O–H groups in total. The summed E-state index contributed by atoms with van der Waals surface area (Å²) >= 11 is 0. The minimum atomic E-state index is -0.321. The molecule has 0 bridgehead atoms. The van der Waals surface area contributed by atoms with E-state index in [1.165, 1.54) is 12.1 Å². The van der Waals surface area contributed by atoms with Crippen molar-refractivity contribution < 1.29 is 18.7 Å². The van der Waals surface area contributed by atoms with Crippen LogP contribution in [-0.4, -0.2) is 28.1 Å². The predicted molar refractivity (Wildman–Crippen MR) is 112 cm³/mol. The van der Waals surface area contributed by atoms with Crippen molar-refractivity contribution in [3.8, 4) is 22.8 Å². The molecule has 1 aliphatic heterocycles. The zero-order chi connectivity index (χ0) is 20.7. The van der Waals surface area contributed by atoms with Gasteiger partial charge >= 0.3 is 0 Å². The molecule has 0 saturated carbocycles. The van der Waals surface area contributed by atoms with Crippen molar-refractivity contribution in [1.29, 1.82) is 0 Å². The molecule has 0 amide bonds. The first-order chi connectivity index (χ1) is 14.6. The van der Waals surface area contributed by atoms with Crippen LogP contribution in [0.25, 0.3) is 22.2 Å². The molecule has 3 heterocycles. The molecule has 152 valence electrons. The Labute approximate surface area is 173 Å². The summed E-state index contributed by atoms with van der Waals surface area (Å²) in [5, 5.41) is 11.6. The Balaban J connectivity index is 1.54. The van der Waals surface area contributed by atoms with Crippen LogP contribution in [0.1, 0.15) is 16.9 Å². The highest BCUT2D eigenvalue weighted by Gasteiger charge is 2.21. The molecular weight excluding hydrogens is 383 g/mol. The van der Waals surface area contributed by atoms with Crippen molar-refractivity contribution in [2.75, 3.05) is 13.2 Å². The minimum absolute atomic E-state index is 0.0844. The number of pyridine rings is 1. The number of rotatable bonds is 3. The molecule has 2 aromatic carbocycles. The summed E-state index contributed by atoms with van der Waals surface area (Å²) in [4.78, 5) is 6.85. The third-order valence-electron chi connectivity index (χ3n) is 5.43. The maximum Gasteiger partial charge on any atom is 0.165 e. The number of fused-ring (bicyclic) bond motifs is 2. The number of aromatic nitrogens is 1. The van der Waals surface area contributed by atoms with Crippen LogP contribution >= 0.6 is 0 Å². The Bertz CT molecular complexity index is 1220. The number of benzene rings is 2. The van der Waals surface area contributed by atoms with Crippen LogP contribution in [0.3, 0.4) is 0 Å². The Morgan fingerprint density at radius 3 is 2.90 bits per heavy atom. The summed E-state index contributed by atoms with van der Waals surface area (Å²) in [6.45, 7) is 4.44. The third kappa shape index (κ3) is 3.50. The van der Waals surface area contributed by atoms with Crippen LogP contribution in [0.15, 0.2) is 59.2 Å². The number of ether oxygens (including phenoxy) is 1. The molecule has 4 aromatic rings. The van der Waals surface area contributed by atoms with Crippen LogP contribution in [0.2, 0.25) is 0 Å². The summed E-state index contributed by atoms with van der Waals surface area (Å²) in [6.07, 6.45) is 1.66. The second kappa shape index (κ2) is 7.46. The maximum absolute atomic E-state index is 13.7. The smallest absolute Gasteiger partial charge is 0.165 e. The van der Waals surface area contributed by atoms with Crippen molar-refractivity contribution in [2.45, 2.75) is 20.0 Å². The lowest BCUT2D eigenvalue weighted by Crippen LogP contribution is -2.25. The van der Waals surface area contributed by atoms with E-state index in [9.17, 15) is 9.50 Å². The number of furan rings is 1. The molecule has 5 rings (SSSR count). The van der Waals surface area contributed by atoms with Crippen LogP contribution < -0.4 is 4.74 Å². The monoisotopic (exact) mass is 404 g/mol. The van der Waals surface area contributed by atoms with Gasteiger partial charge in [-0.3, -0.25) is 4.90 Å². The van der Waals surface area contributed by atoms with Gasteiger partial charge in [0.25, 0.3) is 0 Å². The second-order valence-electron chi connectivity index (χ2n) is 7.61. The highest BCUT2D eigenvalue weighted by molar-refractivity contribution is 5.85. The lowest BCUT2D eigenvalue weighted by Gasteiger charge is -2.18. The van der Waals surface area contributed by atoms with Crippen LogP contribution in [-0.2, 0) is 13.1 Å². The first kappa shape index (κ1) is 18.6. The van der Waals surface area contributed by atoms with Gasteiger partial charge in [0, 0.05) is 35.7 Å². The van der Waals surface area contributed by atoms with Gasteiger partial charge in [-0.2, -0.15) is 0 Å². The van der Waals surface area contributed by atoms with Crippen LogP contribution in [0.5, 0.6) is 11.5 Å². The molecular formula is C24H21FN2O3. The van der Waals surface area contributed by atoms with Crippen molar-refractivity contribution in [2.24, 2.45) is 0 Å². The summed E-state index contributed by atoms with van der Waals surface area (Å²) < 4.78 is 25.0. The van der Waals surface area contributed by atoms with Gasteiger partial charge in [0.05, 0.1) is 24.0 Å². The van der Waals surface area contributed by atoms with E-state index in [2.05, 4.69) is 9.88 Å². The first-order valence-corrected chi connectivity index (χ1v) is 9.87. The maximum atomic E-state index is 13.7. The van der Waals surface area contributed by atoms with E-state index in [0.29, 0.717) is 36.7 Å². The molecule has 1 aliphatic rings. The predicted octanol–water partition coefficient (Wildman–Crippen LogP) is 5.04. The molecule has 6 heteroatoms. The molecule has 0 spiro atoms. The molecule has 0 aliphatic carbocycles. The normalized spacial score (nSPS) is 14.3. The Morgan fingerprint density at radius 1 is 1.17 bits per heavy atom. The summed E-state index contributed by atoms with van der Waals surface area (Å²) in [6, 6.07) is 14.0. The lowest BCUT2D eigenvalue weighted by atomic mass is 10.0. The largest absolute Gasteiger partial charge is 0.504 e. The topological polar surface area (TPSA) is 58.7 Å². The van der Waals surface area contributed by atoms with Gasteiger partial charge < -0.3 is 14.3 Å². The summed E-state index contributed by atoms with van der Waals surface area (Å²) in [5.74, 6) is 1.15. The number of nitrogens with zero attached hydrogens (tertiary/aromatic N) is 2. The number of halogens is 1. The molecule has 0 atom stereocenters. The minimum Gasteiger partial charge on any atom is -0.504 e. The number of hydrogen-bond acceptors (Lipinski definition) is 5. The van der Waals surface area contributed by atoms with Crippen molar-refractivity contribution in [3.63, 3.8) is 0 Å². The van der Waals surface area contributed by atoms with E-state index in [1.54, 1.807) is 18.4 Å². The van der Waals surface area contributed by atoms with Gasteiger partial charge in [0.15, 0.2) is 11.5 Å². The number of aryl methyl sites for hydroxylation is 1. The van der Waals surface area contributed by atoms with Crippen molar-refractivity contribution in [1.82, 2.24) is 9.88 Å². The van der Waals surface area contributed by atoms with E-state index in [4.69, 9.17) is 9.15 Å². The molecule has 0 radical (unpaired) electrons. The Hall–Kier alpha value is -3.38. The first-order valence-electron chi connectivity index (χ1n) is 9.87.